The van der Waals surface area contributed by atoms with Crippen LogP contribution in [0.1, 0.15) is 17.3 Å². The lowest BCUT2D eigenvalue weighted by molar-refractivity contribution is 0.243. The highest BCUT2D eigenvalue weighted by Gasteiger charge is 2.10. The van der Waals surface area contributed by atoms with Crippen LogP contribution in [0.5, 0.6) is 0 Å². The number of benzene rings is 2. The van der Waals surface area contributed by atoms with Crippen LogP contribution >= 0.6 is 11.6 Å². The topological polar surface area (TPSA) is 45.1 Å². The van der Waals surface area contributed by atoms with Crippen molar-refractivity contribution in [3.8, 4) is 0 Å². The summed E-state index contributed by atoms with van der Waals surface area (Å²) in [6.45, 7) is 0.619. The van der Waals surface area contributed by atoms with Crippen LogP contribution in [0.4, 0.5) is 0 Å². The number of hydrogen-bond donors (Lipinski definition) is 2. The first kappa shape index (κ1) is 15.0. The number of hydrogen-bond acceptors (Lipinski definition) is 3. The molecule has 0 fully saturated rings. The maximum Gasteiger partial charge on any atom is 0.0705 e. The van der Waals surface area contributed by atoms with Gasteiger partial charge in [0.1, 0.15) is 0 Å². The predicted molar refractivity (Wildman–Crippen MR) is 89.9 cm³/mol. The van der Waals surface area contributed by atoms with Crippen LogP contribution < -0.4 is 5.32 Å². The van der Waals surface area contributed by atoms with Gasteiger partial charge >= 0.3 is 0 Å². The van der Waals surface area contributed by atoms with Gasteiger partial charge in [0.25, 0.3) is 0 Å². The number of aliphatic hydroxyl groups excluding tert-OH is 1. The van der Waals surface area contributed by atoms with E-state index in [1.165, 1.54) is 0 Å². The van der Waals surface area contributed by atoms with Crippen molar-refractivity contribution in [3.05, 3.63) is 76.9 Å². The van der Waals surface area contributed by atoms with Gasteiger partial charge in [-0.05, 0) is 29.8 Å². The third kappa shape index (κ3) is 3.45. The van der Waals surface area contributed by atoms with E-state index < -0.39 is 0 Å². The fourth-order valence-corrected chi connectivity index (χ4v) is 2.54. The second kappa shape index (κ2) is 6.88. The van der Waals surface area contributed by atoms with Crippen LogP contribution in [-0.4, -0.2) is 16.7 Å². The molecule has 3 rings (SSSR count). The first-order chi connectivity index (χ1) is 10.8. The van der Waals surface area contributed by atoms with E-state index in [-0.39, 0.29) is 12.6 Å². The highest BCUT2D eigenvalue weighted by molar-refractivity contribution is 6.30. The summed E-state index contributed by atoms with van der Waals surface area (Å²) in [5.74, 6) is 0. The summed E-state index contributed by atoms with van der Waals surface area (Å²) in [6.07, 6.45) is 0. The summed E-state index contributed by atoms with van der Waals surface area (Å²) in [7, 11) is 0. The number of para-hydroxylation sites is 1. The lowest BCUT2D eigenvalue weighted by Gasteiger charge is -2.16. The molecule has 0 bridgehead atoms. The summed E-state index contributed by atoms with van der Waals surface area (Å²) in [4.78, 5) is 4.62. The molecular weight excluding hydrogens is 296 g/mol. The summed E-state index contributed by atoms with van der Waals surface area (Å²) >= 11 is 5.90. The third-order valence-corrected chi connectivity index (χ3v) is 3.89. The van der Waals surface area contributed by atoms with Crippen LogP contribution in [0.25, 0.3) is 10.9 Å². The molecule has 0 amide bonds. The predicted octanol–water partition coefficient (Wildman–Crippen LogP) is 3.71. The first-order valence-corrected chi connectivity index (χ1v) is 7.58. The lowest BCUT2D eigenvalue weighted by atomic mass is 10.1. The molecule has 0 saturated carbocycles. The minimum absolute atomic E-state index is 0.0230. The maximum atomic E-state index is 9.58. The molecule has 0 radical (unpaired) electrons. The zero-order chi connectivity index (χ0) is 15.4. The van der Waals surface area contributed by atoms with Crippen molar-refractivity contribution in [1.82, 2.24) is 10.3 Å². The van der Waals surface area contributed by atoms with Gasteiger partial charge < -0.3 is 10.4 Å². The number of rotatable bonds is 5. The Hall–Kier alpha value is -1.94. The Morgan fingerprint density at radius 2 is 1.77 bits per heavy atom. The van der Waals surface area contributed by atoms with E-state index >= 15 is 0 Å². The average molecular weight is 313 g/mol. The van der Waals surface area contributed by atoms with Gasteiger partial charge in [-0.15, -0.1) is 0 Å². The van der Waals surface area contributed by atoms with E-state index in [1.807, 2.05) is 54.6 Å². The number of nitrogens with zero attached hydrogens (tertiary/aromatic N) is 1. The zero-order valence-corrected chi connectivity index (χ0v) is 12.8. The van der Waals surface area contributed by atoms with Gasteiger partial charge in [-0.1, -0.05) is 48.0 Å². The van der Waals surface area contributed by atoms with Gasteiger partial charge in [0.15, 0.2) is 0 Å². The monoisotopic (exact) mass is 312 g/mol. The highest BCUT2D eigenvalue weighted by Crippen LogP contribution is 2.17. The van der Waals surface area contributed by atoms with Crippen molar-refractivity contribution in [2.24, 2.45) is 0 Å². The van der Waals surface area contributed by atoms with Crippen molar-refractivity contribution in [3.63, 3.8) is 0 Å². The van der Waals surface area contributed by atoms with E-state index in [0.29, 0.717) is 11.6 Å². The number of aromatic nitrogens is 1. The van der Waals surface area contributed by atoms with Crippen molar-refractivity contribution in [1.29, 1.82) is 0 Å². The molecule has 112 valence electrons. The fraction of sp³-hybridized carbons (Fsp3) is 0.167. The Balaban J connectivity index is 1.72. The summed E-state index contributed by atoms with van der Waals surface area (Å²) in [5, 5.41) is 14.7. The molecule has 1 aromatic heterocycles. The van der Waals surface area contributed by atoms with Crippen molar-refractivity contribution in [2.45, 2.75) is 12.6 Å². The number of fused-ring (bicyclic) bond motifs is 1. The van der Waals surface area contributed by atoms with Gasteiger partial charge in [0, 0.05) is 17.0 Å². The molecule has 1 unspecified atom stereocenters. The first-order valence-electron chi connectivity index (χ1n) is 7.20. The van der Waals surface area contributed by atoms with Gasteiger partial charge in [-0.2, -0.15) is 0 Å². The molecule has 1 atom stereocenters. The van der Waals surface area contributed by atoms with Crippen LogP contribution in [0.2, 0.25) is 5.02 Å². The summed E-state index contributed by atoms with van der Waals surface area (Å²) < 4.78 is 0. The minimum Gasteiger partial charge on any atom is -0.394 e. The lowest BCUT2D eigenvalue weighted by Crippen LogP contribution is -2.24. The average Bonchev–Trinajstić information content (AvgIpc) is 2.57. The standard InChI is InChI=1S/C18H17ClN2O/c19-15-8-5-14(6-9-15)18(12-22)20-11-16-10-7-13-3-1-2-4-17(13)21-16/h1-10,18,20,22H,11-12H2. The van der Waals surface area contributed by atoms with E-state index in [1.54, 1.807) is 0 Å². The second-order valence-corrected chi connectivity index (χ2v) is 5.60. The number of aliphatic hydroxyl groups is 1. The van der Waals surface area contributed by atoms with Crippen LogP contribution in [0.15, 0.2) is 60.7 Å². The molecular formula is C18H17ClN2O. The van der Waals surface area contributed by atoms with Gasteiger partial charge in [-0.25, -0.2) is 0 Å². The second-order valence-electron chi connectivity index (χ2n) is 5.16. The quantitative estimate of drug-likeness (QED) is 0.755. The summed E-state index contributed by atoms with van der Waals surface area (Å²) in [6, 6.07) is 19.5. The molecule has 0 saturated heterocycles. The van der Waals surface area contributed by atoms with E-state index in [4.69, 9.17) is 11.6 Å². The zero-order valence-electron chi connectivity index (χ0n) is 12.0. The Morgan fingerprint density at radius 3 is 2.55 bits per heavy atom. The smallest absolute Gasteiger partial charge is 0.0705 e. The molecule has 0 aliphatic heterocycles. The van der Waals surface area contributed by atoms with E-state index in [2.05, 4.69) is 16.4 Å². The minimum atomic E-state index is -0.134. The number of nitrogens with one attached hydrogen (secondary N) is 1. The Kier molecular flexibility index (Phi) is 4.68. The maximum absolute atomic E-state index is 9.58. The third-order valence-electron chi connectivity index (χ3n) is 3.64. The molecule has 1 heterocycles. The van der Waals surface area contributed by atoms with Gasteiger partial charge in [0.05, 0.1) is 23.9 Å². The Bertz CT molecular complexity index is 758. The highest BCUT2D eigenvalue weighted by atomic mass is 35.5. The molecule has 4 heteroatoms. The molecule has 2 N–H and O–H groups in total. The summed E-state index contributed by atoms with van der Waals surface area (Å²) in [5.41, 5.74) is 2.94. The van der Waals surface area contributed by atoms with Gasteiger partial charge in [-0.3, -0.25) is 4.98 Å². The molecule has 2 aromatic carbocycles. The molecule has 0 aliphatic rings. The normalized spacial score (nSPS) is 12.5. The van der Waals surface area contributed by atoms with Crippen LogP contribution in [0, 0.1) is 0 Å². The van der Waals surface area contributed by atoms with Gasteiger partial charge in [0.2, 0.25) is 0 Å². The molecule has 0 aliphatic carbocycles. The molecule has 3 aromatic rings. The molecule has 0 spiro atoms. The van der Waals surface area contributed by atoms with Crippen LogP contribution in [0.3, 0.4) is 0 Å². The fourth-order valence-electron chi connectivity index (χ4n) is 2.42. The number of pyridine rings is 1. The largest absolute Gasteiger partial charge is 0.394 e. The Morgan fingerprint density at radius 1 is 1.00 bits per heavy atom. The van der Waals surface area contributed by atoms with E-state index in [9.17, 15) is 5.11 Å². The van der Waals surface area contributed by atoms with Crippen molar-refractivity contribution < 1.29 is 5.11 Å². The van der Waals surface area contributed by atoms with Crippen molar-refractivity contribution >= 4 is 22.5 Å². The number of halogens is 1. The van der Waals surface area contributed by atoms with E-state index in [0.717, 1.165) is 22.2 Å². The van der Waals surface area contributed by atoms with Crippen LogP contribution in [-0.2, 0) is 6.54 Å². The van der Waals surface area contributed by atoms with Crippen molar-refractivity contribution in [2.75, 3.05) is 6.61 Å². The molecule has 22 heavy (non-hydrogen) atoms. The Labute approximate surface area is 134 Å². The molecule has 3 nitrogen and oxygen atoms in total. The SMILES string of the molecule is OCC(NCc1ccc2ccccc2n1)c1ccc(Cl)cc1.